The van der Waals surface area contributed by atoms with Crippen molar-refractivity contribution in [1.29, 1.82) is 0 Å². The summed E-state index contributed by atoms with van der Waals surface area (Å²) >= 11 is 6.89. The van der Waals surface area contributed by atoms with Crippen LogP contribution < -0.4 is 11.1 Å². The molecule has 0 spiro atoms. The summed E-state index contributed by atoms with van der Waals surface area (Å²) in [6.07, 6.45) is 0. The molecule has 3 N–H and O–H groups in total. The zero-order valence-corrected chi connectivity index (χ0v) is 13.4. The quantitative estimate of drug-likeness (QED) is 0.594. The predicted molar refractivity (Wildman–Crippen MR) is 86.0 cm³/mol. The summed E-state index contributed by atoms with van der Waals surface area (Å²) in [6, 6.07) is 11.2. The lowest BCUT2D eigenvalue weighted by Crippen LogP contribution is -2.01. The summed E-state index contributed by atoms with van der Waals surface area (Å²) in [6.45, 7) is 1.50. The van der Waals surface area contributed by atoms with Crippen LogP contribution in [0.15, 0.2) is 45.3 Å². The zero-order chi connectivity index (χ0) is 14.0. The SMILES string of the molecule is CC(=O)c1ccc(Nc2ccc(Br)cc2Br)cc1N. The summed E-state index contributed by atoms with van der Waals surface area (Å²) < 4.78 is 1.94. The monoisotopic (exact) mass is 382 g/mol. The van der Waals surface area contributed by atoms with Crippen LogP contribution in [0.5, 0.6) is 0 Å². The number of rotatable bonds is 3. The fourth-order valence-electron chi connectivity index (χ4n) is 1.71. The normalized spacial score (nSPS) is 10.3. The molecule has 5 heteroatoms. The number of nitrogens with two attached hydrogens (primary N) is 1. The molecule has 0 fully saturated rings. The van der Waals surface area contributed by atoms with Crippen LogP contribution in [-0.4, -0.2) is 5.78 Å². The van der Waals surface area contributed by atoms with Gasteiger partial charge in [0.1, 0.15) is 0 Å². The molecular formula is C14H12Br2N2O. The van der Waals surface area contributed by atoms with E-state index in [1.807, 2.05) is 24.3 Å². The van der Waals surface area contributed by atoms with Crippen molar-refractivity contribution in [3.8, 4) is 0 Å². The Bertz CT molecular complexity index is 641. The standard InChI is InChI=1S/C14H12Br2N2O/c1-8(19)11-4-3-10(7-13(11)17)18-14-5-2-9(15)6-12(14)16/h2-7,18H,17H2,1H3. The number of hydrogen-bond acceptors (Lipinski definition) is 3. The zero-order valence-electron chi connectivity index (χ0n) is 10.2. The van der Waals surface area contributed by atoms with Crippen LogP contribution in [0.1, 0.15) is 17.3 Å². The van der Waals surface area contributed by atoms with Crippen LogP contribution in [-0.2, 0) is 0 Å². The van der Waals surface area contributed by atoms with E-state index in [1.165, 1.54) is 6.92 Å². The fraction of sp³-hybridized carbons (Fsp3) is 0.0714. The second-order valence-corrected chi connectivity index (χ2v) is 5.88. The van der Waals surface area contributed by atoms with Crippen molar-refractivity contribution in [1.82, 2.24) is 0 Å². The predicted octanol–water partition coefficient (Wildman–Crippen LogP) is 4.74. The van der Waals surface area contributed by atoms with Crippen LogP contribution >= 0.6 is 31.9 Å². The van der Waals surface area contributed by atoms with Gasteiger partial charge in [0.25, 0.3) is 0 Å². The topological polar surface area (TPSA) is 55.1 Å². The maximum absolute atomic E-state index is 11.3. The van der Waals surface area contributed by atoms with Crippen LogP contribution in [0.2, 0.25) is 0 Å². The molecule has 0 saturated heterocycles. The molecule has 0 saturated carbocycles. The molecule has 2 aromatic rings. The third kappa shape index (κ3) is 3.36. The highest BCUT2D eigenvalue weighted by atomic mass is 79.9. The number of Topliss-reactive ketones (excluding diaryl/α,β-unsaturated/α-hetero) is 1. The number of hydrogen-bond donors (Lipinski definition) is 2. The first-order valence-electron chi connectivity index (χ1n) is 5.60. The Labute approximate surface area is 128 Å². The molecule has 0 unspecified atom stereocenters. The number of anilines is 3. The van der Waals surface area contributed by atoms with E-state index in [-0.39, 0.29) is 5.78 Å². The van der Waals surface area contributed by atoms with Crippen molar-refractivity contribution in [2.45, 2.75) is 6.92 Å². The molecule has 0 bridgehead atoms. The van der Waals surface area contributed by atoms with Gasteiger partial charge < -0.3 is 11.1 Å². The van der Waals surface area contributed by atoms with E-state index < -0.39 is 0 Å². The van der Waals surface area contributed by atoms with Gasteiger partial charge in [0.15, 0.2) is 5.78 Å². The van der Waals surface area contributed by atoms with E-state index in [0.29, 0.717) is 11.3 Å². The Balaban J connectivity index is 2.29. The first-order valence-corrected chi connectivity index (χ1v) is 7.18. The molecule has 0 aliphatic rings. The highest BCUT2D eigenvalue weighted by Crippen LogP contribution is 2.30. The molecule has 0 radical (unpaired) electrons. The van der Waals surface area contributed by atoms with E-state index in [2.05, 4.69) is 37.2 Å². The van der Waals surface area contributed by atoms with Gasteiger partial charge >= 0.3 is 0 Å². The minimum absolute atomic E-state index is 0.0335. The lowest BCUT2D eigenvalue weighted by atomic mass is 10.1. The Hall–Kier alpha value is -1.33. The van der Waals surface area contributed by atoms with Gasteiger partial charge in [-0.3, -0.25) is 4.79 Å². The number of benzene rings is 2. The first-order chi connectivity index (χ1) is 8.97. The Morgan fingerprint density at radius 2 is 1.89 bits per heavy atom. The van der Waals surface area contributed by atoms with Crippen molar-refractivity contribution in [2.24, 2.45) is 0 Å². The molecule has 2 rings (SSSR count). The van der Waals surface area contributed by atoms with Crippen molar-refractivity contribution < 1.29 is 4.79 Å². The first kappa shape index (κ1) is 14.1. The smallest absolute Gasteiger partial charge is 0.161 e. The van der Waals surface area contributed by atoms with Crippen LogP contribution in [0.25, 0.3) is 0 Å². The molecule has 0 amide bonds. The van der Waals surface area contributed by atoms with Crippen LogP contribution in [0.3, 0.4) is 0 Å². The van der Waals surface area contributed by atoms with Gasteiger partial charge in [-0.05, 0) is 59.3 Å². The number of ketones is 1. The maximum Gasteiger partial charge on any atom is 0.161 e. The summed E-state index contributed by atoms with van der Waals surface area (Å²) in [5.74, 6) is -0.0335. The molecule has 0 heterocycles. The number of nitrogens with one attached hydrogen (secondary N) is 1. The van der Waals surface area contributed by atoms with Crippen molar-refractivity contribution in [2.75, 3.05) is 11.1 Å². The Morgan fingerprint density at radius 1 is 1.16 bits per heavy atom. The third-order valence-corrected chi connectivity index (χ3v) is 3.79. The Morgan fingerprint density at radius 3 is 2.47 bits per heavy atom. The second kappa shape index (κ2) is 5.75. The molecule has 0 atom stereocenters. The molecule has 0 aliphatic carbocycles. The Kier molecular flexibility index (Phi) is 4.27. The molecule has 0 aromatic heterocycles. The number of halogens is 2. The minimum Gasteiger partial charge on any atom is -0.398 e. The summed E-state index contributed by atoms with van der Waals surface area (Å²) in [4.78, 5) is 11.3. The van der Waals surface area contributed by atoms with Gasteiger partial charge in [-0.25, -0.2) is 0 Å². The second-order valence-electron chi connectivity index (χ2n) is 4.11. The summed E-state index contributed by atoms with van der Waals surface area (Å²) in [7, 11) is 0. The average Bonchev–Trinajstić information content (AvgIpc) is 2.32. The minimum atomic E-state index is -0.0335. The van der Waals surface area contributed by atoms with Crippen LogP contribution in [0.4, 0.5) is 17.1 Å². The van der Waals surface area contributed by atoms with Gasteiger partial charge in [0.2, 0.25) is 0 Å². The molecule has 2 aromatic carbocycles. The maximum atomic E-state index is 11.3. The molecule has 19 heavy (non-hydrogen) atoms. The van der Waals surface area contributed by atoms with E-state index in [0.717, 1.165) is 20.3 Å². The van der Waals surface area contributed by atoms with E-state index in [1.54, 1.807) is 12.1 Å². The molecular weight excluding hydrogens is 372 g/mol. The average molecular weight is 384 g/mol. The fourth-order valence-corrected chi connectivity index (χ4v) is 2.85. The van der Waals surface area contributed by atoms with E-state index >= 15 is 0 Å². The third-order valence-electron chi connectivity index (χ3n) is 2.64. The van der Waals surface area contributed by atoms with Gasteiger partial charge in [0.05, 0.1) is 5.69 Å². The number of carbonyl (C=O) groups is 1. The lowest BCUT2D eigenvalue weighted by molar-refractivity contribution is 0.101. The van der Waals surface area contributed by atoms with Crippen molar-refractivity contribution >= 4 is 54.7 Å². The summed E-state index contributed by atoms with van der Waals surface area (Å²) in [5.41, 5.74) is 8.64. The van der Waals surface area contributed by atoms with Gasteiger partial charge in [-0.1, -0.05) is 15.9 Å². The van der Waals surface area contributed by atoms with Gasteiger partial charge in [-0.15, -0.1) is 0 Å². The number of nitrogen functional groups attached to an aromatic ring is 1. The van der Waals surface area contributed by atoms with Gasteiger partial charge in [0, 0.05) is 25.9 Å². The molecule has 98 valence electrons. The highest BCUT2D eigenvalue weighted by Gasteiger charge is 2.06. The number of carbonyl (C=O) groups excluding carboxylic acids is 1. The highest BCUT2D eigenvalue weighted by molar-refractivity contribution is 9.11. The largest absolute Gasteiger partial charge is 0.398 e. The lowest BCUT2D eigenvalue weighted by Gasteiger charge is -2.11. The summed E-state index contributed by atoms with van der Waals surface area (Å²) in [5, 5.41) is 3.25. The van der Waals surface area contributed by atoms with Crippen molar-refractivity contribution in [3.05, 3.63) is 50.9 Å². The van der Waals surface area contributed by atoms with Crippen molar-refractivity contribution in [3.63, 3.8) is 0 Å². The van der Waals surface area contributed by atoms with Gasteiger partial charge in [-0.2, -0.15) is 0 Å². The van der Waals surface area contributed by atoms with Crippen LogP contribution in [0, 0.1) is 0 Å². The van der Waals surface area contributed by atoms with E-state index in [9.17, 15) is 4.79 Å². The van der Waals surface area contributed by atoms with E-state index in [4.69, 9.17) is 5.73 Å². The molecule has 0 aliphatic heterocycles. The molecule has 3 nitrogen and oxygen atoms in total.